The molecule has 0 bridgehead atoms. The first-order valence-corrected chi connectivity index (χ1v) is 27.9. The van der Waals surface area contributed by atoms with Crippen molar-refractivity contribution in [2.75, 3.05) is 13.2 Å². The van der Waals surface area contributed by atoms with Crippen molar-refractivity contribution in [3.8, 4) is 0 Å². The Morgan fingerprint density at radius 2 is 1.45 bits per heavy atom. The minimum atomic E-state index is -2.56. The van der Waals surface area contributed by atoms with E-state index in [1.165, 1.54) is 10.4 Å². The Balaban J connectivity index is 1.08. The second kappa shape index (κ2) is 19.6. The van der Waals surface area contributed by atoms with E-state index in [1.807, 2.05) is 20.8 Å². The van der Waals surface area contributed by atoms with E-state index in [4.69, 9.17) is 32.5 Å². The van der Waals surface area contributed by atoms with Gasteiger partial charge in [0.2, 0.25) is 8.32 Å². The highest BCUT2D eigenvalue weighted by Gasteiger charge is 2.61. The van der Waals surface area contributed by atoms with E-state index in [-0.39, 0.29) is 54.1 Å². The fourth-order valence-electron chi connectivity index (χ4n) is 11.2. The molecule has 2 spiro atoms. The fraction of sp³-hybridized carbons (Fsp3) is 0.673. The molecule has 4 heterocycles. The van der Waals surface area contributed by atoms with Crippen molar-refractivity contribution in [1.29, 1.82) is 0 Å². The van der Waals surface area contributed by atoms with Gasteiger partial charge in [-0.1, -0.05) is 154 Å². The average molecular weight is 889 g/mol. The van der Waals surface area contributed by atoms with Gasteiger partial charge >= 0.3 is 5.97 Å². The number of hydrogen-bond donors (Lipinski definition) is 0. The molecule has 8 atom stereocenters. The van der Waals surface area contributed by atoms with Crippen LogP contribution in [0.25, 0.3) is 0 Å². The van der Waals surface area contributed by atoms with Gasteiger partial charge in [-0.05, 0) is 72.1 Å². The molecule has 0 unspecified atom stereocenters. The Morgan fingerprint density at radius 1 is 0.839 bits per heavy atom. The molecule has 0 aliphatic carbocycles. The molecular weight excluding hydrogens is 809 g/mol. The summed E-state index contributed by atoms with van der Waals surface area (Å²) in [5.41, 5.74) is 0.538. The first-order chi connectivity index (χ1) is 29.2. The summed E-state index contributed by atoms with van der Waals surface area (Å²) in [5.74, 6) is -1.61. The van der Waals surface area contributed by atoms with E-state index in [0.717, 1.165) is 32.1 Å². The lowest BCUT2D eigenvalue weighted by molar-refractivity contribution is -0.365. The van der Waals surface area contributed by atoms with E-state index in [2.05, 4.69) is 154 Å². The molecule has 0 amide bonds. The van der Waals surface area contributed by atoms with Crippen molar-refractivity contribution in [2.24, 2.45) is 11.3 Å². The Labute approximate surface area is 377 Å². The highest BCUT2D eigenvalue weighted by atomic mass is 28.4. The van der Waals surface area contributed by atoms with Gasteiger partial charge in [0.05, 0.1) is 29.8 Å². The van der Waals surface area contributed by atoms with E-state index < -0.39 is 33.6 Å². The van der Waals surface area contributed by atoms with Gasteiger partial charge in [-0.25, -0.2) is 0 Å². The van der Waals surface area contributed by atoms with E-state index in [9.17, 15) is 4.79 Å². The number of carbonyl (C=O) groups is 1. The van der Waals surface area contributed by atoms with Crippen LogP contribution in [0.5, 0.6) is 0 Å². The summed E-state index contributed by atoms with van der Waals surface area (Å²) in [7, 11) is -4.89. The molecule has 0 radical (unpaired) electrons. The van der Waals surface area contributed by atoms with Gasteiger partial charge in [0.15, 0.2) is 11.6 Å². The van der Waals surface area contributed by atoms with Crippen molar-refractivity contribution < 1.29 is 37.3 Å². The van der Waals surface area contributed by atoms with E-state index >= 15 is 0 Å². The molecule has 3 saturated heterocycles. The third-order valence-corrected chi connectivity index (χ3v) is 25.4. The van der Waals surface area contributed by atoms with Crippen LogP contribution < -0.4 is 10.4 Å². The summed E-state index contributed by atoms with van der Waals surface area (Å²) in [6.45, 7) is 29.5. The highest BCUT2D eigenvalue weighted by molar-refractivity contribution is 6.99. The zero-order valence-corrected chi connectivity index (χ0v) is 42.4. The summed E-state index contributed by atoms with van der Waals surface area (Å²) in [6.07, 6.45) is 13.2. The molecular formula is C52H80O8Si2. The van der Waals surface area contributed by atoms with Crippen molar-refractivity contribution in [3.05, 3.63) is 85.0 Å². The van der Waals surface area contributed by atoms with Crippen LogP contribution in [0.15, 0.2) is 85.0 Å². The average Bonchev–Trinajstić information content (AvgIpc) is 3.77. The third kappa shape index (κ3) is 10.2. The molecule has 0 saturated carbocycles. The third-order valence-electron chi connectivity index (χ3n) is 14.3. The highest BCUT2D eigenvalue weighted by Crippen LogP contribution is 2.54. The predicted octanol–water partition coefficient (Wildman–Crippen LogP) is 11.2. The second-order valence-electron chi connectivity index (χ2n) is 21.7. The number of esters is 1. The van der Waals surface area contributed by atoms with E-state index in [0.29, 0.717) is 36.1 Å². The maximum absolute atomic E-state index is 13.1. The van der Waals surface area contributed by atoms with Crippen molar-refractivity contribution in [3.63, 3.8) is 0 Å². The van der Waals surface area contributed by atoms with Gasteiger partial charge in [-0.3, -0.25) is 4.79 Å². The van der Waals surface area contributed by atoms with Crippen LogP contribution in [0.2, 0.25) is 21.7 Å². The number of unbranched alkanes of at least 4 members (excludes halogenated alkanes) is 1. The van der Waals surface area contributed by atoms with Crippen LogP contribution in [0.1, 0.15) is 135 Å². The first kappa shape index (κ1) is 49.0. The first-order valence-electron chi connectivity index (χ1n) is 23.8. The van der Waals surface area contributed by atoms with Gasteiger partial charge < -0.3 is 32.5 Å². The standard InChI is InChI=1S/C52H80O8Si2/c1-37(2)61(38(3)4,39(5)6)59-47(36-54-48(53)49(8,9)10)45-35-46-44(56-45)34-40(7)52(58-46)32-31-51(60-52)30-23-25-41(57-51)24-17-16-22-33-55-62(50(11,12)13,42-26-18-14-19-27-42)43-28-20-15-21-29-43/h14-15,17-21,23-29,37-41,44-47H,16,22,30-36H2,1-13H3/b24-17+/t40-,41-,44-,45+,46-,47+,51+,52-/m1/s1. The van der Waals surface area contributed by atoms with Crippen LogP contribution >= 0.6 is 0 Å². The Kier molecular flexibility index (Phi) is 15.5. The predicted molar refractivity (Wildman–Crippen MR) is 255 cm³/mol. The van der Waals surface area contributed by atoms with E-state index in [1.54, 1.807) is 0 Å². The topological polar surface area (TPSA) is 81.7 Å². The zero-order chi connectivity index (χ0) is 45.1. The van der Waals surface area contributed by atoms with Crippen LogP contribution in [0.3, 0.4) is 0 Å². The molecule has 3 fully saturated rings. The molecule has 4 aliphatic heterocycles. The number of benzene rings is 2. The number of carbonyl (C=O) groups excluding carboxylic acids is 1. The number of hydrogen-bond acceptors (Lipinski definition) is 8. The van der Waals surface area contributed by atoms with Gasteiger partial charge in [0, 0.05) is 38.2 Å². The van der Waals surface area contributed by atoms with Crippen molar-refractivity contribution in [1.82, 2.24) is 0 Å². The fourth-order valence-corrected chi connectivity index (χ4v) is 21.3. The largest absolute Gasteiger partial charge is 0.462 e. The molecule has 0 N–H and O–H groups in total. The van der Waals surface area contributed by atoms with Gasteiger partial charge in [-0.15, -0.1) is 0 Å². The molecule has 344 valence electrons. The molecule has 8 nitrogen and oxygen atoms in total. The second-order valence-corrected chi connectivity index (χ2v) is 31.4. The quantitative estimate of drug-likeness (QED) is 0.0713. The molecule has 62 heavy (non-hydrogen) atoms. The van der Waals surface area contributed by atoms with Crippen LogP contribution in [0, 0.1) is 11.3 Å². The van der Waals surface area contributed by atoms with Crippen LogP contribution in [0.4, 0.5) is 0 Å². The van der Waals surface area contributed by atoms with Crippen LogP contribution in [-0.4, -0.2) is 77.9 Å². The lowest BCUT2D eigenvalue weighted by Crippen LogP contribution is -2.66. The lowest BCUT2D eigenvalue weighted by atomic mass is 9.86. The van der Waals surface area contributed by atoms with Crippen molar-refractivity contribution >= 4 is 33.0 Å². The molecule has 6 rings (SSSR count). The smallest absolute Gasteiger partial charge is 0.311 e. The number of rotatable bonds is 16. The van der Waals surface area contributed by atoms with Crippen LogP contribution in [-0.2, 0) is 37.3 Å². The SMILES string of the molecule is CC(C)[Si](O[C@@H](COC(=O)C(C)(C)C)[C@@H]1C[C@H]2O[C@@]3(CC[C@]4(CC=C[C@@H](/C=C/CCCO[Si](c5ccccc5)(c5ccccc5)C(C)(C)C)O4)O3)[C@H](C)C[C@H]2O1)(C(C)C)C(C)C. The Bertz CT molecular complexity index is 1760. The van der Waals surface area contributed by atoms with Gasteiger partial charge in [0.1, 0.15) is 12.7 Å². The number of allylic oxidation sites excluding steroid dienone is 1. The molecule has 10 heteroatoms. The summed E-state index contributed by atoms with van der Waals surface area (Å²) in [4.78, 5) is 13.1. The molecule has 2 aromatic carbocycles. The molecule has 4 aliphatic rings. The Hall–Kier alpha value is -2.42. The minimum absolute atomic E-state index is 0.0472. The Morgan fingerprint density at radius 3 is 2.02 bits per heavy atom. The van der Waals surface area contributed by atoms with Gasteiger partial charge in [0.25, 0.3) is 8.32 Å². The lowest BCUT2D eigenvalue weighted by Gasteiger charge is -2.46. The number of fused-ring (bicyclic) bond motifs is 1. The maximum atomic E-state index is 13.1. The monoisotopic (exact) mass is 889 g/mol. The summed E-state index contributed by atoms with van der Waals surface area (Å²) in [5, 5.41) is 2.57. The number of ether oxygens (including phenoxy) is 5. The minimum Gasteiger partial charge on any atom is -0.462 e. The normalized spacial score (nSPS) is 28.8. The van der Waals surface area contributed by atoms with Gasteiger partial charge in [-0.2, -0.15) is 0 Å². The summed E-state index contributed by atoms with van der Waals surface area (Å²) < 4.78 is 48.3. The van der Waals surface area contributed by atoms with Crippen molar-refractivity contribution in [2.45, 2.75) is 199 Å². The summed E-state index contributed by atoms with van der Waals surface area (Å²) >= 11 is 0. The maximum Gasteiger partial charge on any atom is 0.311 e. The molecule has 2 aromatic rings. The summed E-state index contributed by atoms with van der Waals surface area (Å²) in [6, 6.07) is 21.7. The molecule has 0 aromatic heterocycles. The zero-order valence-electron chi connectivity index (χ0n) is 40.4.